The van der Waals surface area contributed by atoms with Crippen molar-refractivity contribution in [1.82, 2.24) is 4.98 Å². The highest BCUT2D eigenvalue weighted by Gasteiger charge is 2.02. The molecule has 0 aliphatic heterocycles. The summed E-state index contributed by atoms with van der Waals surface area (Å²) < 4.78 is 11.4. The number of rotatable bonds is 9. The van der Waals surface area contributed by atoms with Gasteiger partial charge >= 0.3 is 0 Å². The Bertz CT molecular complexity index is 964. The van der Waals surface area contributed by atoms with E-state index in [-0.39, 0.29) is 6.10 Å². The molecule has 154 valence electrons. The number of aromatic nitrogens is 1. The summed E-state index contributed by atoms with van der Waals surface area (Å²) in [6.07, 6.45) is 5.64. The molecule has 3 rings (SSSR count). The van der Waals surface area contributed by atoms with E-state index in [1.165, 1.54) is 0 Å². The average Bonchev–Trinajstić information content (AvgIpc) is 2.75. The summed E-state index contributed by atoms with van der Waals surface area (Å²) in [5.74, 6) is 1.98. The molecule has 0 fully saturated rings. The lowest BCUT2D eigenvalue weighted by Gasteiger charge is -2.09. The van der Waals surface area contributed by atoms with E-state index in [9.17, 15) is 0 Å². The molecule has 5 heteroatoms. The third kappa shape index (κ3) is 7.09. The molecule has 3 aromatic rings. The Labute approximate surface area is 177 Å². The van der Waals surface area contributed by atoms with E-state index in [2.05, 4.69) is 10.1 Å². The first kappa shape index (κ1) is 21.1. The molecule has 2 aromatic carbocycles. The van der Waals surface area contributed by atoms with Crippen molar-refractivity contribution in [3.05, 3.63) is 90.1 Å². The summed E-state index contributed by atoms with van der Waals surface area (Å²) in [6.45, 7) is 6.29. The molecule has 30 heavy (non-hydrogen) atoms. The second-order valence-corrected chi connectivity index (χ2v) is 6.99. The third-order valence-corrected chi connectivity index (χ3v) is 3.98. The monoisotopic (exact) mass is 402 g/mol. The van der Waals surface area contributed by atoms with Gasteiger partial charge in [0.1, 0.15) is 18.1 Å². The second kappa shape index (κ2) is 10.8. The van der Waals surface area contributed by atoms with Crippen molar-refractivity contribution in [2.75, 3.05) is 0 Å². The van der Waals surface area contributed by atoms with Crippen LogP contribution in [0.25, 0.3) is 6.08 Å². The lowest BCUT2D eigenvalue weighted by Crippen LogP contribution is -2.06. The average molecular weight is 402 g/mol. The van der Waals surface area contributed by atoms with E-state index < -0.39 is 0 Å². The quantitative estimate of drug-likeness (QED) is 0.313. The van der Waals surface area contributed by atoms with Crippen molar-refractivity contribution in [2.45, 2.75) is 33.5 Å². The number of benzene rings is 2. The number of hydrogen-bond acceptors (Lipinski definition) is 5. The molecule has 0 radical (unpaired) electrons. The first-order valence-corrected chi connectivity index (χ1v) is 9.88. The van der Waals surface area contributed by atoms with Gasteiger partial charge in [-0.15, -0.1) is 0 Å². The minimum atomic E-state index is 0.0916. The molecule has 0 spiro atoms. The Morgan fingerprint density at radius 1 is 0.967 bits per heavy atom. The van der Waals surface area contributed by atoms with Crippen LogP contribution in [0.4, 0.5) is 0 Å². The van der Waals surface area contributed by atoms with Gasteiger partial charge in [-0.1, -0.05) is 53.7 Å². The fourth-order valence-electron chi connectivity index (χ4n) is 2.55. The van der Waals surface area contributed by atoms with Crippen LogP contribution in [0.2, 0.25) is 0 Å². The van der Waals surface area contributed by atoms with Crippen molar-refractivity contribution >= 4 is 11.8 Å². The molecular weight excluding hydrogens is 376 g/mol. The fraction of sp³-hybridized carbons (Fsp3) is 0.200. The van der Waals surface area contributed by atoms with Crippen molar-refractivity contribution in [2.24, 2.45) is 5.16 Å². The predicted octanol–water partition coefficient (Wildman–Crippen LogP) is 6.27. The van der Waals surface area contributed by atoms with E-state index >= 15 is 0 Å². The van der Waals surface area contributed by atoms with Crippen LogP contribution in [0.5, 0.6) is 17.4 Å². The van der Waals surface area contributed by atoms with E-state index in [1.54, 1.807) is 12.3 Å². The summed E-state index contributed by atoms with van der Waals surface area (Å²) in [5.41, 5.74) is 2.92. The molecule has 1 aromatic heterocycles. The highest BCUT2D eigenvalue weighted by molar-refractivity contribution is 5.95. The highest BCUT2D eigenvalue weighted by Crippen LogP contribution is 2.23. The van der Waals surface area contributed by atoms with Gasteiger partial charge in [-0.2, -0.15) is 0 Å². The minimum absolute atomic E-state index is 0.0916. The Morgan fingerprint density at radius 3 is 2.37 bits per heavy atom. The molecular formula is C25H26N2O3. The standard InChI is InChI=1S/C25H26N2O3/c1-19(2)29-25-16-15-24(17-26-25)30-23-13-11-21(12-14-23)10-9-20(3)27-28-18-22-7-5-4-6-8-22/h4-17,19H,18H2,1-3H3/b10-9+,27-20?. The van der Waals surface area contributed by atoms with E-state index in [0.29, 0.717) is 18.2 Å². The van der Waals surface area contributed by atoms with Gasteiger partial charge < -0.3 is 14.3 Å². The Balaban J connectivity index is 1.50. The number of hydrogen-bond donors (Lipinski definition) is 0. The molecule has 0 amide bonds. The lowest BCUT2D eigenvalue weighted by atomic mass is 10.2. The Kier molecular flexibility index (Phi) is 7.61. The van der Waals surface area contributed by atoms with Crippen LogP contribution < -0.4 is 9.47 Å². The maximum absolute atomic E-state index is 5.83. The van der Waals surface area contributed by atoms with Gasteiger partial charge in [-0.05, 0) is 56.2 Å². The van der Waals surface area contributed by atoms with E-state index in [4.69, 9.17) is 14.3 Å². The number of allylic oxidation sites excluding steroid dienone is 1. The van der Waals surface area contributed by atoms with Crippen LogP contribution in [-0.4, -0.2) is 16.8 Å². The number of ether oxygens (including phenoxy) is 2. The van der Waals surface area contributed by atoms with Crippen LogP contribution in [0, 0.1) is 0 Å². The normalized spacial score (nSPS) is 11.7. The summed E-state index contributed by atoms with van der Waals surface area (Å²) in [5, 5.41) is 4.12. The number of pyridine rings is 1. The zero-order valence-corrected chi connectivity index (χ0v) is 17.5. The molecule has 0 aliphatic rings. The lowest BCUT2D eigenvalue weighted by molar-refractivity contribution is 0.130. The minimum Gasteiger partial charge on any atom is -0.475 e. The maximum Gasteiger partial charge on any atom is 0.213 e. The largest absolute Gasteiger partial charge is 0.475 e. The van der Waals surface area contributed by atoms with Crippen molar-refractivity contribution < 1.29 is 14.3 Å². The first-order valence-electron chi connectivity index (χ1n) is 9.88. The van der Waals surface area contributed by atoms with Crippen LogP contribution >= 0.6 is 0 Å². The summed E-state index contributed by atoms with van der Waals surface area (Å²) in [7, 11) is 0. The molecule has 0 bridgehead atoms. The first-order chi connectivity index (χ1) is 14.6. The molecule has 1 heterocycles. The van der Waals surface area contributed by atoms with Gasteiger partial charge in [0.05, 0.1) is 18.0 Å². The summed E-state index contributed by atoms with van der Waals surface area (Å²) >= 11 is 0. The third-order valence-electron chi connectivity index (χ3n) is 3.98. The molecule has 0 N–H and O–H groups in total. The summed E-state index contributed by atoms with van der Waals surface area (Å²) in [6, 6.07) is 21.4. The zero-order chi connectivity index (χ0) is 21.2. The van der Waals surface area contributed by atoms with Gasteiger partial charge in [-0.3, -0.25) is 0 Å². The number of nitrogens with zero attached hydrogens (tertiary/aromatic N) is 2. The van der Waals surface area contributed by atoms with Crippen molar-refractivity contribution in [1.29, 1.82) is 0 Å². The van der Waals surface area contributed by atoms with Crippen LogP contribution in [0.15, 0.2) is 84.2 Å². The zero-order valence-electron chi connectivity index (χ0n) is 17.5. The van der Waals surface area contributed by atoms with Gasteiger partial charge in [0.2, 0.25) is 5.88 Å². The van der Waals surface area contributed by atoms with Crippen LogP contribution in [0.1, 0.15) is 31.9 Å². The Hall–Kier alpha value is -3.60. The topological polar surface area (TPSA) is 52.9 Å². The number of oxime groups is 1. The van der Waals surface area contributed by atoms with Gasteiger partial charge in [-0.25, -0.2) is 4.98 Å². The Morgan fingerprint density at radius 2 is 1.70 bits per heavy atom. The van der Waals surface area contributed by atoms with Crippen molar-refractivity contribution in [3.63, 3.8) is 0 Å². The molecule has 0 saturated carbocycles. The molecule has 0 unspecified atom stereocenters. The van der Waals surface area contributed by atoms with Crippen molar-refractivity contribution in [3.8, 4) is 17.4 Å². The van der Waals surface area contributed by atoms with E-state index in [1.807, 2.05) is 93.6 Å². The molecule has 0 aliphatic carbocycles. The van der Waals surface area contributed by atoms with Gasteiger partial charge in [0, 0.05) is 6.07 Å². The van der Waals surface area contributed by atoms with E-state index in [0.717, 1.165) is 22.6 Å². The van der Waals surface area contributed by atoms with Gasteiger partial charge in [0.15, 0.2) is 0 Å². The highest BCUT2D eigenvalue weighted by atomic mass is 16.6. The van der Waals surface area contributed by atoms with Crippen LogP contribution in [-0.2, 0) is 11.4 Å². The predicted molar refractivity (Wildman–Crippen MR) is 120 cm³/mol. The fourth-order valence-corrected chi connectivity index (χ4v) is 2.55. The molecule has 0 atom stereocenters. The summed E-state index contributed by atoms with van der Waals surface area (Å²) in [4.78, 5) is 9.63. The smallest absolute Gasteiger partial charge is 0.213 e. The van der Waals surface area contributed by atoms with Gasteiger partial charge in [0.25, 0.3) is 0 Å². The SMILES string of the molecule is CC(/C=C/c1ccc(Oc2ccc(OC(C)C)nc2)cc1)=NOCc1ccccc1. The molecule has 0 saturated heterocycles. The molecule has 5 nitrogen and oxygen atoms in total. The van der Waals surface area contributed by atoms with Crippen LogP contribution in [0.3, 0.4) is 0 Å². The second-order valence-electron chi connectivity index (χ2n) is 6.99. The maximum atomic E-state index is 5.83.